The molecule has 0 N–H and O–H groups in total. The number of aromatic nitrogens is 1. The highest BCUT2D eigenvalue weighted by Crippen LogP contribution is 2.38. The van der Waals surface area contributed by atoms with Crippen LogP contribution in [0.4, 0.5) is 0 Å². The maximum Gasteiger partial charge on any atom is 0.338 e. The second kappa shape index (κ2) is 8.22. The van der Waals surface area contributed by atoms with Gasteiger partial charge in [0.15, 0.2) is 0 Å². The summed E-state index contributed by atoms with van der Waals surface area (Å²) < 4.78 is 34.3. The van der Waals surface area contributed by atoms with Gasteiger partial charge < -0.3 is 4.74 Å². The van der Waals surface area contributed by atoms with Gasteiger partial charge in [0.05, 0.1) is 33.3 Å². The van der Waals surface area contributed by atoms with Crippen LogP contribution in [0.5, 0.6) is 0 Å². The van der Waals surface area contributed by atoms with Gasteiger partial charge in [-0.15, -0.1) is 11.3 Å². The van der Waals surface area contributed by atoms with Crippen LogP contribution in [0.25, 0.3) is 10.2 Å². The third-order valence-corrected chi connectivity index (χ3v) is 8.08. The van der Waals surface area contributed by atoms with Gasteiger partial charge in [-0.05, 0) is 56.2 Å². The van der Waals surface area contributed by atoms with Crippen molar-refractivity contribution < 1.29 is 17.9 Å². The van der Waals surface area contributed by atoms with Crippen molar-refractivity contribution >= 4 is 37.5 Å². The summed E-state index contributed by atoms with van der Waals surface area (Å²) in [5.41, 5.74) is 1.24. The van der Waals surface area contributed by atoms with E-state index in [9.17, 15) is 13.2 Å². The molecule has 1 aliphatic heterocycles. The number of carbonyl (C=O) groups is 1. The van der Waals surface area contributed by atoms with Gasteiger partial charge in [-0.1, -0.05) is 18.6 Å². The molecule has 6 nitrogen and oxygen atoms in total. The molecule has 0 radical (unpaired) electrons. The second-order valence-corrected chi connectivity index (χ2v) is 9.84. The van der Waals surface area contributed by atoms with Crippen LogP contribution in [0.3, 0.4) is 0 Å². The summed E-state index contributed by atoms with van der Waals surface area (Å²) in [5.74, 6) is -0.457. The topological polar surface area (TPSA) is 76.6 Å². The van der Waals surface area contributed by atoms with Gasteiger partial charge >= 0.3 is 5.97 Å². The van der Waals surface area contributed by atoms with Gasteiger partial charge in [0.1, 0.15) is 5.01 Å². The van der Waals surface area contributed by atoms with E-state index in [1.165, 1.54) is 24.3 Å². The van der Waals surface area contributed by atoms with Crippen molar-refractivity contribution in [2.75, 3.05) is 13.2 Å². The molecule has 0 bridgehead atoms. The Morgan fingerprint density at radius 2 is 1.93 bits per heavy atom. The number of carbonyl (C=O) groups excluding carboxylic acids is 1. The zero-order valence-corrected chi connectivity index (χ0v) is 17.7. The van der Waals surface area contributed by atoms with E-state index in [2.05, 4.69) is 0 Å². The number of rotatable bonds is 5. The van der Waals surface area contributed by atoms with Crippen molar-refractivity contribution in [3.8, 4) is 0 Å². The van der Waals surface area contributed by atoms with Crippen molar-refractivity contribution in [3.63, 3.8) is 0 Å². The lowest BCUT2D eigenvalue weighted by Crippen LogP contribution is -2.38. The minimum Gasteiger partial charge on any atom is -0.462 e. The molecule has 2 heterocycles. The molecule has 29 heavy (non-hydrogen) atoms. The SMILES string of the molecule is CCOC(=O)c1ccc(S(=O)(=O)N2CCCC[C@H]2c2nc3ccccc3s2)cc1. The number of sulfonamides is 1. The van der Waals surface area contributed by atoms with Crippen molar-refractivity contribution in [2.45, 2.75) is 37.1 Å². The van der Waals surface area contributed by atoms with Crippen LogP contribution in [-0.2, 0) is 14.8 Å². The Labute approximate surface area is 174 Å². The fourth-order valence-corrected chi connectivity index (χ4v) is 6.43. The Bertz CT molecular complexity index is 1090. The molecule has 1 fully saturated rings. The molecule has 4 rings (SSSR count). The first kappa shape index (κ1) is 20.0. The van der Waals surface area contributed by atoms with Crippen LogP contribution in [0.2, 0.25) is 0 Å². The fraction of sp³-hybridized carbons (Fsp3) is 0.333. The standard InChI is InChI=1S/C21H22N2O4S2/c1-2-27-21(24)15-10-12-16(13-11-15)29(25,26)23-14-6-5-8-18(23)20-22-17-7-3-4-9-19(17)28-20/h3-4,7,9-13,18H,2,5-6,8,14H2,1H3/t18-/m0/s1. The summed E-state index contributed by atoms with van der Waals surface area (Å²) in [7, 11) is -3.70. The summed E-state index contributed by atoms with van der Waals surface area (Å²) in [5, 5.41) is 0.831. The number of benzene rings is 2. The number of esters is 1. The molecular weight excluding hydrogens is 408 g/mol. The first-order chi connectivity index (χ1) is 14.0. The molecule has 1 aliphatic rings. The van der Waals surface area contributed by atoms with E-state index in [4.69, 9.17) is 9.72 Å². The van der Waals surface area contributed by atoms with Gasteiger partial charge in [0.25, 0.3) is 0 Å². The lowest BCUT2D eigenvalue weighted by atomic mass is 10.1. The van der Waals surface area contributed by atoms with E-state index in [-0.39, 0.29) is 17.5 Å². The Hall–Kier alpha value is -2.29. The maximum absolute atomic E-state index is 13.4. The van der Waals surface area contributed by atoms with Gasteiger partial charge in [-0.25, -0.2) is 18.2 Å². The molecule has 152 valence electrons. The zero-order chi connectivity index (χ0) is 20.4. The Morgan fingerprint density at radius 3 is 2.66 bits per heavy atom. The quantitative estimate of drug-likeness (QED) is 0.561. The van der Waals surface area contributed by atoms with Crippen LogP contribution in [0, 0.1) is 0 Å². The predicted octanol–water partition coefficient (Wildman–Crippen LogP) is 4.39. The van der Waals surface area contributed by atoms with E-state index in [0.717, 1.165) is 34.5 Å². The first-order valence-corrected chi connectivity index (χ1v) is 11.9. The van der Waals surface area contributed by atoms with E-state index >= 15 is 0 Å². The van der Waals surface area contributed by atoms with Gasteiger partial charge in [0, 0.05) is 6.54 Å². The number of para-hydroxylation sites is 1. The summed E-state index contributed by atoms with van der Waals surface area (Å²) in [6.07, 6.45) is 2.54. The number of ether oxygens (including phenoxy) is 1. The monoisotopic (exact) mass is 430 g/mol. The first-order valence-electron chi connectivity index (χ1n) is 9.65. The minimum atomic E-state index is -3.70. The third kappa shape index (κ3) is 3.92. The highest BCUT2D eigenvalue weighted by Gasteiger charge is 2.36. The average molecular weight is 431 g/mol. The molecule has 0 unspecified atom stereocenters. The smallest absolute Gasteiger partial charge is 0.338 e. The normalized spacial score (nSPS) is 18.0. The van der Waals surface area contributed by atoms with Gasteiger partial charge in [-0.3, -0.25) is 0 Å². The van der Waals surface area contributed by atoms with Crippen LogP contribution >= 0.6 is 11.3 Å². The molecule has 1 atom stereocenters. The largest absolute Gasteiger partial charge is 0.462 e. The van der Waals surface area contributed by atoms with Gasteiger partial charge in [-0.2, -0.15) is 4.31 Å². The summed E-state index contributed by atoms with van der Waals surface area (Å²) >= 11 is 1.55. The third-order valence-electron chi connectivity index (χ3n) is 5.02. The molecule has 0 amide bonds. The van der Waals surface area contributed by atoms with Crippen molar-refractivity contribution in [3.05, 3.63) is 59.1 Å². The van der Waals surface area contributed by atoms with Gasteiger partial charge in [0.2, 0.25) is 10.0 Å². The Balaban J connectivity index is 1.65. The number of nitrogens with zero attached hydrogens (tertiary/aromatic N) is 2. The number of hydrogen-bond acceptors (Lipinski definition) is 6. The lowest BCUT2D eigenvalue weighted by Gasteiger charge is -2.33. The maximum atomic E-state index is 13.4. The summed E-state index contributed by atoms with van der Waals surface area (Å²) in [6, 6.07) is 13.5. The van der Waals surface area contributed by atoms with Crippen molar-refractivity contribution in [1.29, 1.82) is 0 Å². The molecule has 3 aromatic rings. The molecule has 8 heteroatoms. The molecular formula is C21H22N2O4S2. The molecule has 1 aromatic heterocycles. The number of piperidine rings is 1. The van der Waals surface area contributed by atoms with Crippen LogP contribution < -0.4 is 0 Å². The van der Waals surface area contributed by atoms with Crippen LogP contribution in [0.15, 0.2) is 53.4 Å². The Kier molecular flexibility index (Phi) is 5.67. The number of thiazole rings is 1. The molecule has 0 saturated carbocycles. The lowest BCUT2D eigenvalue weighted by molar-refractivity contribution is 0.0526. The molecule has 2 aromatic carbocycles. The zero-order valence-electron chi connectivity index (χ0n) is 16.1. The van der Waals surface area contributed by atoms with E-state index in [1.807, 2.05) is 24.3 Å². The van der Waals surface area contributed by atoms with E-state index in [1.54, 1.807) is 22.6 Å². The van der Waals surface area contributed by atoms with E-state index in [0.29, 0.717) is 12.1 Å². The molecule has 1 saturated heterocycles. The highest BCUT2D eigenvalue weighted by molar-refractivity contribution is 7.89. The summed E-state index contributed by atoms with van der Waals surface area (Å²) in [6.45, 7) is 2.47. The Morgan fingerprint density at radius 1 is 1.17 bits per heavy atom. The van der Waals surface area contributed by atoms with Crippen molar-refractivity contribution in [2.24, 2.45) is 0 Å². The second-order valence-electron chi connectivity index (χ2n) is 6.89. The van der Waals surface area contributed by atoms with Crippen LogP contribution in [0.1, 0.15) is 47.6 Å². The predicted molar refractivity (Wildman–Crippen MR) is 113 cm³/mol. The van der Waals surface area contributed by atoms with Crippen LogP contribution in [-0.4, -0.2) is 36.8 Å². The average Bonchev–Trinajstić information content (AvgIpc) is 3.18. The highest BCUT2D eigenvalue weighted by atomic mass is 32.2. The minimum absolute atomic E-state index is 0.179. The van der Waals surface area contributed by atoms with E-state index < -0.39 is 16.0 Å². The molecule has 0 aliphatic carbocycles. The number of fused-ring (bicyclic) bond motifs is 1. The van der Waals surface area contributed by atoms with Crippen molar-refractivity contribution in [1.82, 2.24) is 9.29 Å². The number of hydrogen-bond donors (Lipinski definition) is 0. The summed E-state index contributed by atoms with van der Waals surface area (Å²) in [4.78, 5) is 16.7. The molecule has 0 spiro atoms. The fourth-order valence-electron chi connectivity index (χ4n) is 3.58.